The van der Waals surface area contributed by atoms with E-state index in [0.29, 0.717) is 5.02 Å². The van der Waals surface area contributed by atoms with Crippen LogP contribution in [0, 0.1) is 6.92 Å². The van der Waals surface area contributed by atoms with E-state index in [2.05, 4.69) is 32.0 Å². The third kappa shape index (κ3) is 2.89. The molecule has 0 aliphatic rings. The number of aryl methyl sites for hydroxylation is 2. The minimum atomic E-state index is -0.616. The molecule has 0 bridgehead atoms. The predicted octanol–water partition coefficient (Wildman–Crippen LogP) is 4.85. The topological polar surface area (TPSA) is 20.2 Å². The van der Waals surface area contributed by atoms with E-state index in [0.717, 1.165) is 29.5 Å². The predicted molar refractivity (Wildman–Crippen MR) is 85.4 cm³/mol. The molecule has 0 amide bonds. The lowest BCUT2D eigenvalue weighted by molar-refractivity contribution is 0.218. The van der Waals surface area contributed by atoms with E-state index in [9.17, 15) is 5.11 Å². The van der Waals surface area contributed by atoms with Gasteiger partial charge in [0.2, 0.25) is 0 Å². The van der Waals surface area contributed by atoms with E-state index in [1.807, 2.05) is 25.1 Å². The normalized spacial score (nSPS) is 12.4. The molecule has 1 unspecified atom stereocenters. The molecule has 2 aromatic carbocycles. The Morgan fingerprint density at radius 2 is 1.80 bits per heavy atom. The summed E-state index contributed by atoms with van der Waals surface area (Å²) in [7, 11) is 0. The van der Waals surface area contributed by atoms with Crippen molar-refractivity contribution in [1.29, 1.82) is 0 Å². The van der Waals surface area contributed by atoms with Gasteiger partial charge in [0.25, 0.3) is 0 Å². The highest BCUT2D eigenvalue weighted by atomic mass is 35.5. The van der Waals surface area contributed by atoms with Crippen LogP contribution in [0.4, 0.5) is 0 Å². The summed E-state index contributed by atoms with van der Waals surface area (Å²) in [6, 6.07) is 12.1. The summed E-state index contributed by atoms with van der Waals surface area (Å²) in [5.74, 6) is 0. The van der Waals surface area contributed by atoms with Crippen molar-refractivity contribution in [1.82, 2.24) is 0 Å². The first-order chi connectivity index (χ1) is 9.58. The molecule has 0 radical (unpaired) electrons. The summed E-state index contributed by atoms with van der Waals surface area (Å²) < 4.78 is 0. The summed E-state index contributed by atoms with van der Waals surface area (Å²) in [6.07, 6.45) is 1.27. The van der Waals surface area contributed by atoms with Crippen LogP contribution in [-0.2, 0) is 12.8 Å². The van der Waals surface area contributed by atoms with Crippen molar-refractivity contribution < 1.29 is 5.11 Å². The number of hydrogen-bond donors (Lipinski definition) is 1. The molecule has 106 valence electrons. The number of rotatable bonds is 4. The van der Waals surface area contributed by atoms with Crippen molar-refractivity contribution in [2.45, 2.75) is 39.7 Å². The largest absolute Gasteiger partial charge is 0.384 e. The van der Waals surface area contributed by atoms with Gasteiger partial charge in [-0.15, -0.1) is 0 Å². The van der Waals surface area contributed by atoms with Gasteiger partial charge in [-0.2, -0.15) is 0 Å². The summed E-state index contributed by atoms with van der Waals surface area (Å²) in [5, 5.41) is 11.5. The zero-order valence-electron chi connectivity index (χ0n) is 12.3. The molecule has 1 atom stereocenters. The Kier molecular flexibility index (Phi) is 4.85. The number of hydrogen-bond acceptors (Lipinski definition) is 1. The molecule has 2 heteroatoms. The van der Waals surface area contributed by atoms with Crippen LogP contribution in [0.2, 0.25) is 5.02 Å². The van der Waals surface area contributed by atoms with Gasteiger partial charge < -0.3 is 5.11 Å². The summed E-state index contributed by atoms with van der Waals surface area (Å²) in [4.78, 5) is 0. The van der Waals surface area contributed by atoms with Crippen LogP contribution in [0.5, 0.6) is 0 Å². The second kappa shape index (κ2) is 6.43. The molecule has 0 aliphatic heterocycles. The van der Waals surface area contributed by atoms with Crippen molar-refractivity contribution in [3.05, 3.63) is 69.2 Å². The Hall–Kier alpha value is -1.31. The first-order valence-corrected chi connectivity index (χ1v) is 7.51. The van der Waals surface area contributed by atoms with Gasteiger partial charge in [0.15, 0.2) is 0 Å². The lowest BCUT2D eigenvalue weighted by Crippen LogP contribution is -2.06. The fraction of sp³-hybridized carbons (Fsp3) is 0.333. The number of halogens is 1. The lowest BCUT2D eigenvalue weighted by atomic mass is 9.91. The molecular weight excluding hydrogens is 268 g/mol. The maximum atomic E-state index is 10.8. The quantitative estimate of drug-likeness (QED) is 0.852. The standard InChI is InChI=1S/C18H21ClO/c1-4-13-9-10-14(5-2)16(11-13)18(20)15-7-6-8-17(19)12(15)3/h6-11,18,20H,4-5H2,1-3H3. The fourth-order valence-corrected chi connectivity index (χ4v) is 2.71. The smallest absolute Gasteiger partial charge is 0.105 e. The summed E-state index contributed by atoms with van der Waals surface area (Å²) in [6.45, 7) is 6.19. The number of aliphatic hydroxyl groups excluding tert-OH is 1. The third-order valence-corrected chi connectivity index (χ3v) is 4.31. The number of benzene rings is 2. The first kappa shape index (κ1) is 15.1. The van der Waals surface area contributed by atoms with Gasteiger partial charge in [0.05, 0.1) is 0 Å². The molecule has 2 rings (SSSR count). The van der Waals surface area contributed by atoms with E-state index in [4.69, 9.17) is 11.6 Å². The molecule has 0 aromatic heterocycles. The SMILES string of the molecule is CCc1ccc(CC)c(C(O)c2cccc(Cl)c2C)c1. The van der Waals surface area contributed by atoms with Crippen molar-refractivity contribution in [2.75, 3.05) is 0 Å². The van der Waals surface area contributed by atoms with E-state index in [1.54, 1.807) is 0 Å². The molecule has 0 spiro atoms. The first-order valence-electron chi connectivity index (χ1n) is 7.13. The summed E-state index contributed by atoms with van der Waals surface area (Å²) >= 11 is 6.17. The molecule has 1 nitrogen and oxygen atoms in total. The monoisotopic (exact) mass is 288 g/mol. The van der Waals surface area contributed by atoms with E-state index in [-0.39, 0.29) is 0 Å². The maximum Gasteiger partial charge on any atom is 0.105 e. The van der Waals surface area contributed by atoms with Gasteiger partial charge in [-0.1, -0.05) is 55.8 Å². The van der Waals surface area contributed by atoms with Crippen LogP contribution in [-0.4, -0.2) is 5.11 Å². The Morgan fingerprint density at radius 3 is 2.45 bits per heavy atom. The lowest BCUT2D eigenvalue weighted by Gasteiger charge is -2.19. The Bertz CT molecular complexity index is 604. The van der Waals surface area contributed by atoms with Crippen LogP contribution in [0.25, 0.3) is 0 Å². The highest BCUT2D eigenvalue weighted by molar-refractivity contribution is 6.31. The van der Waals surface area contributed by atoms with Gasteiger partial charge in [-0.05, 0) is 53.6 Å². The Morgan fingerprint density at radius 1 is 1.05 bits per heavy atom. The molecule has 2 aromatic rings. The second-order valence-corrected chi connectivity index (χ2v) is 5.50. The van der Waals surface area contributed by atoms with Crippen LogP contribution in [0.15, 0.2) is 36.4 Å². The maximum absolute atomic E-state index is 10.8. The van der Waals surface area contributed by atoms with E-state index in [1.165, 1.54) is 11.1 Å². The van der Waals surface area contributed by atoms with Crippen LogP contribution >= 0.6 is 11.6 Å². The van der Waals surface area contributed by atoms with E-state index < -0.39 is 6.10 Å². The Balaban J connectivity index is 2.51. The van der Waals surface area contributed by atoms with Crippen molar-refractivity contribution >= 4 is 11.6 Å². The average molecular weight is 289 g/mol. The van der Waals surface area contributed by atoms with Crippen molar-refractivity contribution in [3.63, 3.8) is 0 Å². The van der Waals surface area contributed by atoms with Gasteiger partial charge in [-0.25, -0.2) is 0 Å². The molecule has 1 N–H and O–H groups in total. The van der Waals surface area contributed by atoms with Crippen molar-refractivity contribution in [2.24, 2.45) is 0 Å². The summed E-state index contributed by atoms with van der Waals surface area (Å²) in [5.41, 5.74) is 5.27. The fourth-order valence-electron chi connectivity index (χ4n) is 2.53. The molecule has 0 fully saturated rings. The molecule has 0 aliphatic carbocycles. The molecule has 20 heavy (non-hydrogen) atoms. The highest BCUT2D eigenvalue weighted by Crippen LogP contribution is 2.31. The molecular formula is C18H21ClO. The zero-order valence-corrected chi connectivity index (χ0v) is 13.0. The van der Waals surface area contributed by atoms with E-state index >= 15 is 0 Å². The Labute approximate surface area is 126 Å². The minimum Gasteiger partial charge on any atom is -0.384 e. The molecule has 0 saturated heterocycles. The minimum absolute atomic E-state index is 0.616. The molecule has 0 saturated carbocycles. The molecule has 0 heterocycles. The van der Waals surface area contributed by atoms with Gasteiger partial charge in [0, 0.05) is 5.02 Å². The third-order valence-electron chi connectivity index (χ3n) is 3.90. The van der Waals surface area contributed by atoms with Gasteiger partial charge >= 0.3 is 0 Å². The van der Waals surface area contributed by atoms with Crippen LogP contribution < -0.4 is 0 Å². The zero-order chi connectivity index (χ0) is 14.7. The van der Waals surface area contributed by atoms with Crippen LogP contribution in [0.1, 0.15) is 47.8 Å². The number of aliphatic hydroxyl groups is 1. The van der Waals surface area contributed by atoms with Gasteiger partial charge in [0.1, 0.15) is 6.10 Å². The van der Waals surface area contributed by atoms with Gasteiger partial charge in [-0.3, -0.25) is 0 Å². The van der Waals surface area contributed by atoms with Crippen molar-refractivity contribution in [3.8, 4) is 0 Å². The van der Waals surface area contributed by atoms with Crippen LogP contribution in [0.3, 0.4) is 0 Å². The average Bonchev–Trinajstić information content (AvgIpc) is 2.48. The highest BCUT2D eigenvalue weighted by Gasteiger charge is 2.17. The second-order valence-electron chi connectivity index (χ2n) is 5.10.